The van der Waals surface area contributed by atoms with Gasteiger partial charge in [-0.3, -0.25) is 14.9 Å². The van der Waals surface area contributed by atoms with Crippen LogP contribution in [-0.2, 0) is 14.4 Å². The number of carbonyl (C=O) groups excluding carboxylic acids is 3. The molecule has 0 aromatic carbocycles. The number of hydrogen-bond donors (Lipinski definition) is 4. The van der Waals surface area contributed by atoms with Gasteiger partial charge in [0.25, 0.3) is 0 Å². The topological polar surface area (TPSA) is 125 Å². The zero-order chi connectivity index (χ0) is 14.8. The maximum Gasteiger partial charge on any atom is 0.326 e. The molecule has 9 heteroatoms. The van der Waals surface area contributed by atoms with Crippen LogP contribution in [0.25, 0.3) is 0 Å². The van der Waals surface area contributed by atoms with Crippen molar-refractivity contribution in [3.63, 3.8) is 0 Å². The van der Waals surface area contributed by atoms with E-state index in [-0.39, 0.29) is 6.42 Å². The Labute approximate surface area is 114 Å². The van der Waals surface area contributed by atoms with E-state index in [0.29, 0.717) is 12.2 Å². The molecule has 0 aliphatic heterocycles. The van der Waals surface area contributed by atoms with Gasteiger partial charge < -0.3 is 15.7 Å². The Hall–Kier alpha value is -1.77. The van der Waals surface area contributed by atoms with Crippen LogP contribution < -0.4 is 16.0 Å². The van der Waals surface area contributed by atoms with Crippen molar-refractivity contribution in [2.24, 2.45) is 0 Å². The predicted octanol–water partition coefficient (Wildman–Crippen LogP) is -0.847. The molecule has 0 aromatic rings. The van der Waals surface area contributed by atoms with E-state index in [1.54, 1.807) is 6.92 Å². The fourth-order valence-corrected chi connectivity index (χ4v) is 2.01. The van der Waals surface area contributed by atoms with Gasteiger partial charge >= 0.3 is 12.0 Å². The molecule has 0 fully saturated rings. The summed E-state index contributed by atoms with van der Waals surface area (Å²) in [6.45, 7) is 1.60. The number of rotatable bonds is 8. The van der Waals surface area contributed by atoms with Crippen molar-refractivity contribution in [3.8, 4) is 0 Å². The van der Waals surface area contributed by atoms with E-state index in [9.17, 15) is 19.2 Å². The van der Waals surface area contributed by atoms with Crippen molar-refractivity contribution >= 4 is 36.1 Å². The second kappa shape index (κ2) is 9.20. The first-order valence-corrected chi connectivity index (χ1v) is 6.54. The molecule has 0 spiro atoms. The van der Waals surface area contributed by atoms with Crippen LogP contribution >= 0.6 is 11.8 Å². The smallest absolute Gasteiger partial charge is 0.326 e. The summed E-state index contributed by atoms with van der Waals surface area (Å²) in [4.78, 5) is 43.3. The molecule has 19 heavy (non-hydrogen) atoms. The van der Waals surface area contributed by atoms with Crippen molar-refractivity contribution in [1.82, 2.24) is 16.0 Å². The molecule has 0 aliphatic rings. The zero-order valence-corrected chi connectivity index (χ0v) is 11.5. The van der Waals surface area contributed by atoms with Gasteiger partial charge in [-0.15, -0.1) is 11.8 Å². The highest BCUT2D eigenvalue weighted by Gasteiger charge is 2.19. The number of urea groups is 1. The van der Waals surface area contributed by atoms with E-state index in [0.717, 1.165) is 0 Å². The van der Waals surface area contributed by atoms with Crippen LogP contribution in [0.2, 0.25) is 0 Å². The lowest BCUT2D eigenvalue weighted by Gasteiger charge is -2.13. The molecular weight excluding hydrogens is 274 g/mol. The van der Waals surface area contributed by atoms with E-state index in [1.807, 2.05) is 0 Å². The van der Waals surface area contributed by atoms with E-state index in [4.69, 9.17) is 5.11 Å². The molecular formula is C10H17N3O5S. The fraction of sp³-hybridized carbons (Fsp3) is 0.600. The second-order valence-electron chi connectivity index (χ2n) is 3.55. The number of carboxylic acid groups (broad SMARTS) is 1. The van der Waals surface area contributed by atoms with Crippen LogP contribution in [0, 0.1) is 0 Å². The number of imide groups is 1. The van der Waals surface area contributed by atoms with E-state index < -0.39 is 29.2 Å². The zero-order valence-electron chi connectivity index (χ0n) is 10.6. The monoisotopic (exact) mass is 291 g/mol. The molecule has 8 nitrogen and oxygen atoms in total. The highest BCUT2D eigenvalue weighted by atomic mass is 32.2. The molecule has 0 aliphatic carbocycles. The highest BCUT2D eigenvalue weighted by molar-refractivity contribution is 8.00. The van der Waals surface area contributed by atoms with Gasteiger partial charge in [-0.25, -0.2) is 9.59 Å². The molecule has 0 radical (unpaired) electrons. The van der Waals surface area contributed by atoms with Gasteiger partial charge in [-0.1, -0.05) is 0 Å². The molecule has 4 amide bonds. The Morgan fingerprint density at radius 1 is 1.37 bits per heavy atom. The Kier molecular flexibility index (Phi) is 8.34. The SMILES string of the molecule is CNC(=O)NC(=O)C(C)SCCC(NC=O)C(=O)O. The van der Waals surface area contributed by atoms with Gasteiger partial charge in [0.15, 0.2) is 0 Å². The minimum absolute atomic E-state index is 0.191. The van der Waals surface area contributed by atoms with Gasteiger partial charge in [0, 0.05) is 7.05 Å². The summed E-state index contributed by atoms with van der Waals surface area (Å²) in [6, 6.07) is -1.57. The summed E-state index contributed by atoms with van der Waals surface area (Å²) < 4.78 is 0. The normalized spacial score (nSPS) is 12.9. The first-order chi connectivity index (χ1) is 8.92. The third kappa shape index (κ3) is 7.29. The number of carboxylic acids is 1. The van der Waals surface area contributed by atoms with Crippen LogP contribution in [0.15, 0.2) is 0 Å². The third-order valence-electron chi connectivity index (χ3n) is 2.17. The molecule has 108 valence electrons. The van der Waals surface area contributed by atoms with Crippen LogP contribution in [0.4, 0.5) is 4.79 Å². The lowest BCUT2D eigenvalue weighted by molar-refractivity contribution is -0.140. The van der Waals surface area contributed by atoms with Gasteiger partial charge in [0.1, 0.15) is 6.04 Å². The van der Waals surface area contributed by atoms with Crippen molar-refractivity contribution in [3.05, 3.63) is 0 Å². The van der Waals surface area contributed by atoms with Crippen molar-refractivity contribution in [2.75, 3.05) is 12.8 Å². The lowest BCUT2D eigenvalue weighted by Crippen LogP contribution is -2.41. The molecule has 0 bridgehead atoms. The van der Waals surface area contributed by atoms with Gasteiger partial charge in [-0.05, 0) is 19.1 Å². The van der Waals surface area contributed by atoms with E-state index in [1.165, 1.54) is 18.8 Å². The number of thioether (sulfide) groups is 1. The van der Waals surface area contributed by atoms with Gasteiger partial charge in [0.05, 0.1) is 5.25 Å². The summed E-state index contributed by atoms with van der Waals surface area (Å²) in [5, 5.41) is 14.8. The van der Waals surface area contributed by atoms with Crippen molar-refractivity contribution in [2.45, 2.75) is 24.6 Å². The number of nitrogens with one attached hydrogen (secondary N) is 3. The number of carbonyl (C=O) groups is 4. The van der Waals surface area contributed by atoms with Crippen molar-refractivity contribution in [1.29, 1.82) is 0 Å². The number of hydrogen-bond acceptors (Lipinski definition) is 5. The van der Waals surface area contributed by atoms with Crippen LogP contribution in [0.1, 0.15) is 13.3 Å². The lowest BCUT2D eigenvalue weighted by atomic mass is 10.2. The fourth-order valence-electron chi connectivity index (χ4n) is 1.07. The number of aliphatic carboxylic acids is 1. The van der Waals surface area contributed by atoms with E-state index in [2.05, 4.69) is 16.0 Å². The molecule has 0 saturated carbocycles. The molecule has 4 N–H and O–H groups in total. The minimum Gasteiger partial charge on any atom is -0.480 e. The first-order valence-electron chi connectivity index (χ1n) is 5.49. The third-order valence-corrected chi connectivity index (χ3v) is 3.36. The quantitative estimate of drug-likeness (QED) is 0.432. The molecule has 0 heterocycles. The Morgan fingerprint density at radius 2 is 2.00 bits per heavy atom. The molecule has 0 saturated heterocycles. The predicted molar refractivity (Wildman–Crippen MR) is 69.8 cm³/mol. The summed E-state index contributed by atoms with van der Waals surface area (Å²) in [5.41, 5.74) is 0. The van der Waals surface area contributed by atoms with Gasteiger partial charge in [0.2, 0.25) is 12.3 Å². The molecule has 0 rings (SSSR count). The summed E-state index contributed by atoms with van der Waals surface area (Å²) in [7, 11) is 1.39. The second-order valence-corrected chi connectivity index (χ2v) is 4.99. The first kappa shape index (κ1) is 17.2. The minimum atomic E-state index is -1.13. The Balaban J connectivity index is 4.04. The summed E-state index contributed by atoms with van der Waals surface area (Å²) >= 11 is 1.20. The van der Waals surface area contributed by atoms with Crippen molar-refractivity contribution < 1.29 is 24.3 Å². The van der Waals surface area contributed by atoms with E-state index >= 15 is 0 Å². The molecule has 2 unspecified atom stereocenters. The summed E-state index contributed by atoms with van der Waals surface area (Å²) in [6.07, 6.45) is 0.515. The van der Waals surface area contributed by atoms with Crippen LogP contribution in [0.3, 0.4) is 0 Å². The number of amides is 4. The van der Waals surface area contributed by atoms with Crippen LogP contribution in [0.5, 0.6) is 0 Å². The average molecular weight is 291 g/mol. The van der Waals surface area contributed by atoms with Gasteiger partial charge in [-0.2, -0.15) is 0 Å². The Bertz CT molecular complexity index is 350. The highest BCUT2D eigenvalue weighted by Crippen LogP contribution is 2.13. The average Bonchev–Trinajstić information content (AvgIpc) is 2.36. The largest absolute Gasteiger partial charge is 0.480 e. The maximum absolute atomic E-state index is 11.5. The Morgan fingerprint density at radius 3 is 2.47 bits per heavy atom. The molecule has 0 aromatic heterocycles. The summed E-state index contributed by atoms with van der Waals surface area (Å²) in [5.74, 6) is -1.23. The molecule has 2 atom stereocenters. The standard InChI is InChI=1S/C10H17N3O5S/c1-6(8(15)13-10(18)11-2)19-4-3-7(9(16)17)12-5-14/h5-7H,3-4H2,1-2H3,(H,12,14)(H,16,17)(H2,11,13,15,18). The van der Waals surface area contributed by atoms with Crippen LogP contribution in [-0.4, -0.2) is 53.5 Å². The maximum atomic E-state index is 11.5.